The number of hydrogen-bond acceptors (Lipinski definition) is 4. The summed E-state index contributed by atoms with van der Waals surface area (Å²) in [5, 5.41) is 0. The van der Waals surface area contributed by atoms with Gasteiger partial charge in [-0.15, -0.1) is 0 Å². The standard InChI is InChI=1S/C13H19O4P/c1-9-7-10(2)12(13(3,4)5-6-14)11(8-9)17-18(15)16/h6-8,15-16H,5H2,1-4H3. The highest BCUT2D eigenvalue weighted by Gasteiger charge is 2.27. The SMILES string of the molecule is Cc1cc(C)c(C(C)(C)CC=O)c(OP(O)O)c1. The number of carbonyl (C=O) groups is 1. The number of hydrogen-bond donors (Lipinski definition) is 2. The summed E-state index contributed by atoms with van der Waals surface area (Å²) in [7, 11) is -2.46. The lowest BCUT2D eigenvalue weighted by molar-refractivity contribution is -0.108. The van der Waals surface area contributed by atoms with Crippen LogP contribution in [-0.2, 0) is 10.2 Å². The highest BCUT2D eigenvalue weighted by molar-refractivity contribution is 7.39. The van der Waals surface area contributed by atoms with Crippen molar-refractivity contribution >= 4 is 14.9 Å². The van der Waals surface area contributed by atoms with E-state index in [1.807, 2.05) is 33.8 Å². The molecular formula is C13H19O4P. The van der Waals surface area contributed by atoms with Gasteiger partial charge in [-0.05, 0) is 31.0 Å². The lowest BCUT2D eigenvalue weighted by Crippen LogP contribution is -2.20. The first kappa shape index (κ1) is 15.1. The molecular weight excluding hydrogens is 251 g/mol. The summed E-state index contributed by atoms with van der Waals surface area (Å²) in [5.41, 5.74) is 2.40. The zero-order chi connectivity index (χ0) is 13.9. The van der Waals surface area contributed by atoms with Crippen molar-refractivity contribution in [1.29, 1.82) is 0 Å². The Morgan fingerprint density at radius 1 is 1.33 bits per heavy atom. The number of benzene rings is 1. The highest BCUT2D eigenvalue weighted by Crippen LogP contribution is 2.41. The number of carbonyl (C=O) groups excluding carboxylic acids is 1. The molecule has 0 amide bonds. The normalized spacial score (nSPS) is 11.7. The summed E-state index contributed by atoms with van der Waals surface area (Å²) < 4.78 is 5.10. The first-order valence-electron chi connectivity index (χ1n) is 5.69. The average Bonchev–Trinajstić information content (AvgIpc) is 2.13. The van der Waals surface area contributed by atoms with E-state index in [4.69, 9.17) is 14.3 Å². The minimum atomic E-state index is -2.46. The number of rotatable bonds is 5. The van der Waals surface area contributed by atoms with Crippen molar-refractivity contribution in [3.63, 3.8) is 0 Å². The average molecular weight is 270 g/mol. The Labute approximate surface area is 109 Å². The van der Waals surface area contributed by atoms with Gasteiger partial charge in [0.05, 0.1) is 0 Å². The van der Waals surface area contributed by atoms with E-state index in [-0.39, 0.29) is 0 Å². The molecule has 0 radical (unpaired) electrons. The van der Waals surface area contributed by atoms with Crippen molar-refractivity contribution in [3.8, 4) is 5.75 Å². The number of aryl methyl sites for hydroxylation is 2. The predicted octanol–water partition coefficient (Wildman–Crippen LogP) is 2.76. The van der Waals surface area contributed by atoms with Gasteiger partial charge in [0.15, 0.2) is 0 Å². The van der Waals surface area contributed by atoms with Gasteiger partial charge in [-0.1, -0.05) is 19.9 Å². The molecule has 2 N–H and O–H groups in total. The smallest absolute Gasteiger partial charge is 0.391 e. The molecule has 0 bridgehead atoms. The lowest BCUT2D eigenvalue weighted by atomic mass is 9.79. The topological polar surface area (TPSA) is 66.8 Å². The summed E-state index contributed by atoms with van der Waals surface area (Å²) in [6, 6.07) is 3.75. The Hall–Kier alpha value is -0.960. The lowest BCUT2D eigenvalue weighted by Gasteiger charge is -2.27. The van der Waals surface area contributed by atoms with Gasteiger partial charge in [-0.2, -0.15) is 0 Å². The van der Waals surface area contributed by atoms with Crippen LogP contribution < -0.4 is 4.52 Å². The van der Waals surface area contributed by atoms with E-state index in [1.165, 1.54) is 0 Å². The molecule has 0 atom stereocenters. The zero-order valence-corrected chi connectivity index (χ0v) is 12.0. The van der Waals surface area contributed by atoms with Crippen LogP contribution in [0.3, 0.4) is 0 Å². The third-order valence-corrected chi connectivity index (χ3v) is 3.25. The van der Waals surface area contributed by atoms with E-state index in [9.17, 15) is 4.79 Å². The van der Waals surface area contributed by atoms with Gasteiger partial charge in [-0.3, -0.25) is 0 Å². The Bertz CT molecular complexity index is 441. The van der Waals surface area contributed by atoms with Gasteiger partial charge in [-0.25, -0.2) is 0 Å². The van der Waals surface area contributed by atoms with E-state index >= 15 is 0 Å². The highest BCUT2D eigenvalue weighted by atomic mass is 31.2. The molecule has 0 saturated heterocycles. The van der Waals surface area contributed by atoms with Crippen LogP contribution in [0, 0.1) is 13.8 Å². The van der Waals surface area contributed by atoms with Gasteiger partial charge >= 0.3 is 8.60 Å². The second kappa shape index (κ2) is 5.79. The molecule has 0 aliphatic rings. The van der Waals surface area contributed by atoms with E-state index in [1.54, 1.807) is 6.07 Å². The minimum absolute atomic E-state index is 0.349. The Morgan fingerprint density at radius 3 is 2.44 bits per heavy atom. The van der Waals surface area contributed by atoms with Crippen LogP contribution in [0.5, 0.6) is 5.75 Å². The van der Waals surface area contributed by atoms with Gasteiger partial charge < -0.3 is 19.1 Å². The molecule has 0 fully saturated rings. The number of aldehydes is 1. The van der Waals surface area contributed by atoms with Crippen LogP contribution in [0.25, 0.3) is 0 Å². The van der Waals surface area contributed by atoms with Gasteiger partial charge in [0, 0.05) is 17.4 Å². The van der Waals surface area contributed by atoms with Crippen molar-refractivity contribution in [2.45, 2.75) is 39.5 Å². The molecule has 0 spiro atoms. The Balaban J connectivity index is 3.35. The fourth-order valence-corrected chi connectivity index (χ4v) is 2.59. The molecule has 0 heterocycles. The second-order valence-electron chi connectivity index (χ2n) is 5.05. The molecule has 0 aromatic heterocycles. The van der Waals surface area contributed by atoms with Crippen molar-refractivity contribution in [2.75, 3.05) is 0 Å². The minimum Gasteiger partial charge on any atom is -0.427 e. The predicted molar refractivity (Wildman–Crippen MR) is 71.6 cm³/mol. The Morgan fingerprint density at radius 2 is 1.94 bits per heavy atom. The first-order chi connectivity index (χ1) is 8.27. The molecule has 0 unspecified atom stereocenters. The van der Waals surface area contributed by atoms with E-state index < -0.39 is 14.0 Å². The fraction of sp³-hybridized carbons (Fsp3) is 0.462. The van der Waals surface area contributed by atoms with Crippen LogP contribution in [0.2, 0.25) is 0 Å². The summed E-state index contributed by atoms with van der Waals surface area (Å²) in [6.07, 6.45) is 1.21. The maximum absolute atomic E-state index is 10.8. The third kappa shape index (κ3) is 3.52. The van der Waals surface area contributed by atoms with E-state index in [0.29, 0.717) is 12.2 Å². The third-order valence-electron chi connectivity index (χ3n) is 2.89. The molecule has 4 nitrogen and oxygen atoms in total. The molecule has 1 rings (SSSR count). The van der Waals surface area contributed by atoms with Crippen LogP contribution in [0.1, 0.15) is 37.0 Å². The summed E-state index contributed by atoms with van der Waals surface area (Å²) >= 11 is 0. The quantitative estimate of drug-likeness (QED) is 0.637. The second-order valence-corrected chi connectivity index (χ2v) is 5.74. The molecule has 18 heavy (non-hydrogen) atoms. The monoisotopic (exact) mass is 270 g/mol. The van der Waals surface area contributed by atoms with Gasteiger partial charge in [0.2, 0.25) is 0 Å². The van der Waals surface area contributed by atoms with Gasteiger partial charge in [0.1, 0.15) is 12.0 Å². The van der Waals surface area contributed by atoms with Crippen LogP contribution in [0.15, 0.2) is 12.1 Å². The maximum Gasteiger partial charge on any atom is 0.391 e. The van der Waals surface area contributed by atoms with Crippen molar-refractivity contribution in [2.24, 2.45) is 0 Å². The summed E-state index contributed by atoms with van der Waals surface area (Å²) in [4.78, 5) is 28.8. The Kier molecular flexibility index (Phi) is 4.85. The van der Waals surface area contributed by atoms with E-state index in [2.05, 4.69) is 0 Å². The van der Waals surface area contributed by atoms with E-state index in [0.717, 1.165) is 23.0 Å². The van der Waals surface area contributed by atoms with Crippen molar-refractivity contribution in [1.82, 2.24) is 0 Å². The van der Waals surface area contributed by atoms with Crippen molar-refractivity contribution in [3.05, 3.63) is 28.8 Å². The largest absolute Gasteiger partial charge is 0.427 e. The molecule has 1 aromatic carbocycles. The molecule has 1 aromatic rings. The summed E-state index contributed by atoms with van der Waals surface area (Å²) in [5.74, 6) is 0.440. The summed E-state index contributed by atoms with van der Waals surface area (Å²) in [6.45, 7) is 7.71. The maximum atomic E-state index is 10.8. The zero-order valence-electron chi connectivity index (χ0n) is 11.1. The molecule has 100 valence electrons. The molecule has 0 saturated carbocycles. The van der Waals surface area contributed by atoms with Crippen LogP contribution in [-0.4, -0.2) is 16.1 Å². The van der Waals surface area contributed by atoms with Crippen molar-refractivity contribution < 1.29 is 19.1 Å². The molecule has 5 heteroatoms. The molecule has 0 aliphatic heterocycles. The first-order valence-corrected chi connectivity index (χ1v) is 6.85. The molecule has 0 aliphatic carbocycles. The fourth-order valence-electron chi connectivity index (χ4n) is 2.27. The van der Waals surface area contributed by atoms with Crippen LogP contribution in [0.4, 0.5) is 0 Å². The van der Waals surface area contributed by atoms with Crippen LogP contribution >= 0.6 is 8.60 Å². The van der Waals surface area contributed by atoms with Gasteiger partial charge in [0.25, 0.3) is 0 Å².